The summed E-state index contributed by atoms with van der Waals surface area (Å²) in [4.78, 5) is 10.1. The van der Waals surface area contributed by atoms with E-state index in [1.54, 1.807) is 0 Å². The largest absolute Gasteiger partial charge is 0.478 e. The van der Waals surface area contributed by atoms with Crippen molar-refractivity contribution in [2.24, 2.45) is 0 Å². The SMILES string of the molecule is C#CCCNS(=O)(=O)c1cc(Br)cc(C(=O)O)c1F. The van der Waals surface area contributed by atoms with Crippen molar-refractivity contribution >= 4 is 31.9 Å². The van der Waals surface area contributed by atoms with E-state index in [4.69, 9.17) is 11.5 Å². The zero-order valence-electron chi connectivity index (χ0n) is 9.48. The first-order chi connectivity index (χ1) is 8.79. The summed E-state index contributed by atoms with van der Waals surface area (Å²) in [5.74, 6) is -0.649. The zero-order valence-corrected chi connectivity index (χ0v) is 11.9. The summed E-state index contributed by atoms with van der Waals surface area (Å²) in [6.45, 7) is -0.0623. The number of carbonyl (C=O) groups is 1. The Kier molecular flexibility index (Phi) is 5.05. The number of sulfonamides is 1. The van der Waals surface area contributed by atoms with Crippen LogP contribution in [0.4, 0.5) is 4.39 Å². The number of aromatic carboxylic acids is 1. The third-order valence-corrected chi connectivity index (χ3v) is 4.00. The Morgan fingerprint density at radius 3 is 2.68 bits per heavy atom. The molecule has 1 rings (SSSR count). The van der Waals surface area contributed by atoms with E-state index < -0.39 is 32.3 Å². The van der Waals surface area contributed by atoms with E-state index in [2.05, 4.69) is 26.6 Å². The highest BCUT2D eigenvalue weighted by atomic mass is 79.9. The smallest absolute Gasteiger partial charge is 0.338 e. The number of halogens is 2. The van der Waals surface area contributed by atoms with Gasteiger partial charge in [0.05, 0.1) is 5.56 Å². The molecule has 0 radical (unpaired) electrons. The summed E-state index contributed by atoms with van der Waals surface area (Å²) in [5.41, 5.74) is -0.730. The van der Waals surface area contributed by atoms with Crippen LogP contribution in [0.25, 0.3) is 0 Å². The van der Waals surface area contributed by atoms with Gasteiger partial charge in [0, 0.05) is 17.4 Å². The molecule has 19 heavy (non-hydrogen) atoms. The summed E-state index contributed by atoms with van der Waals surface area (Å²) >= 11 is 2.94. The van der Waals surface area contributed by atoms with Crippen molar-refractivity contribution in [1.29, 1.82) is 0 Å². The second-order valence-electron chi connectivity index (χ2n) is 3.42. The maximum Gasteiger partial charge on any atom is 0.338 e. The molecule has 0 aliphatic carbocycles. The van der Waals surface area contributed by atoms with Gasteiger partial charge in [0.1, 0.15) is 4.90 Å². The van der Waals surface area contributed by atoms with Crippen LogP contribution in [0, 0.1) is 18.2 Å². The lowest BCUT2D eigenvalue weighted by Crippen LogP contribution is -2.26. The molecule has 0 aliphatic rings. The maximum atomic E-state index is 13.8. The molecule has 2 N–H and O–H groups in total. The van der Waals surface area contributed by atoms with Gasteiger partial charge in [-0.2, -0.15) is 0 Å². The fourth-order valence-corrected chi connectivity index (χ4v) is 3.01. The van der Waals surface area contributed by atoms with E-state index in [1.807, 2.05) is 0 Å². The van der Waals surface area contributed by atoms with E-state index >= 15 is 0 Å². The molecule has 0 aliphatic heterocycles. The van der Waals surface area contributed by atoms with Gasteiger partial charge < -0.3 is 5.11 Å². The predicted octanol–water partition coefficient (Wildman–Crippen LogP) is 1.59. The Bertz CT molecular complexity index is 651. The molecular weight excluding hydrogens is 341 g/mol. The van der Waals surface area contributed by atoms with E-state index in [9.17, 15) is 17.6 Å². The van der Waals surface area contributed by atoms with Crippen LogP contribution in [0.1, 0.15) is 16.8 Å². The van der Waals surface area contributed by atoms with E-state index in [-0.39, 0.29) is 17.4 Å². The highest BCUT2D eigenvalue weighted by molar-refractivity contribution is 9.10. The molecule has 1 aromatic rings. The van der Waals surface area contributed by atoms with Crippen molar-refractivity contribution in [3.8, 4) is 12.3 Å². The molecule has 0 unspecified atom stereocenters. The molecule has 0 saturated heterocycles. The van der Waals surface area contributed by atoms with Crippen molar-refractivity contribution in [3.05, 3.63) is 28.0 Å². The fourth-order valence-electron chi connectivity index (χ4n) is 1.25. The van der Waals surface area contributed by atoms with Crippen LogP contribution in [0.3, 0.4) is 0 Å². The van der Waals surface area contributed by atoms with E-state index in [0.29, 0.717) is 0 Å². The van der Waals surface area contributed by atoms with Crippen molar-refractivity contribution < 1.29 is 22.7 Å². The third-order valence-electron chi connectivity index (χ3n) is 2.09. The van der Waals surface area contributed by atoms with Crippen molar-refractivity contribution in [2.75, 3.05) is 6.54 Å². The Morgan fingerprint density at radius 1 is 1.53 bits per heavy atom. The molecule has 5 nitrogen and oxygen atoms in total. The molecule has 1 aromatic carbocycles. The molecule has 0 amide bonds. The number of carboxylic acid groups (broad SMARTS) is 1. The van der Waals surface area contributed by atoms with E-state index in [0.717, 1.165) is 12.1 Å². The molecular formula is C11H9BrFNO4S. The standard InChI is InChI=1S/C11H9BrFNO4S/c1-2-3-4-14-19(17,18)9-6-7(12)5-8(10(9)13)11(15)16/h1,5-6,14H,3-4H2,(H,15,16). The topological polar surface area (TPSA) is 83.5 Å². The number of terminal acetylenes is 1. The molecule has 0 saturated carbocycles. The zero-order chi connectivity index (χ0) is 14.6. The van der Waals surface area contributed by atoms with Gasteiger partial charge in [0.25, 0.3) is 0 Å². The van der Waals surface area contributed by atoms with Gasteiger partial charge in [-0.3, -0.25) is 0 Å². The molecule has 8 heteroatoms. The quantitative estimate of drug-likeness (QED) is 0.624. The highest BCUT2D eigenvalue weighted by Crippen LogP contribution is 2.24. The molecule has 0 heterocycles. The molecule has 0 fully saturated rings. The number of hydrogen-bond acceptors (Lipinski definition) is 3. The van der Waals surface area contributed by atoms with Crippen LogP contribution in [0.5, 0.6) is 0 Å². The number of rotatable bonds is 5. The first kappa shape index (κ1) is 15.6. The minimum absolute atomic E-state index is 0.0623. The van der Waals surface area contributed by atoms with Crippen LogP contribution < -0.4 is 4.72 Å². The Balaban J connectivity index is 3.27. The van der Waals surface area contributed by atoms with Gasteiger partial charge in [0.2, 0.25) is 10.0 Å². The molecule has 0 bridgehead atoms. The molecule has 0 spiro atoms. The number of nitrogens with one attached hydrogen (secondary N) is 1. The Labute approximate surface area is 118 Å². The maximum absolute atomic E-state index is 13.8. The van der Waals surface area contributed by atoms with Crippen LogP contribution in [0.15, 0.2) is 21.5 Å². The Morgan fingerprint density at radius 2 is 2.16 bits per heavy atom. The second-order valence-corrected chi connectivity index (χ2v) is 6.07. The summed E-state index contributed by atoms with van der Waals surface area (Å²) in [6, 6.07) is 1.97. The lowest BCUT2D eigenvalue weighted by Gasteiger charge is -2.09. The van der Waals surface area contributed by atoms with Crippen LogP contribution in [-0.2, 0) is 10.0 Å². The number of benzene rings is 1. The molecule has 0 atom stereocenters. The van der Waals surface area contributed by atoms with Gasteiger partial charge in [-0.15, -0.1) is 12.3 Å². The second kappa shape index (κ2) is 6.14. The summed E-state index contributed by atoms with van der Waals surface area (Å²) < 4.78 is 39.7. The highest BCUT2D eigenvalue weighted by Gasteiger charge is 2.24. The van der Waals surface area contributed by atoms with Crippen LogP contribution in [0.2, 0.25) is 0 Å². The third kappa shape index (κ3) is 3.76. The fraction of sp³-hybridized carbons (Fsp3) is 0.182. The summed E-state index contributed by atoms with van der Waals surface area (Å²) in [5, 5.41) is 8.79. The normalized spacial score (nSPS) is 11.0. The van der Waals surface area contributed by atoms with Crippen molar-refractivity contribution in [1.82, 2.24) is 4.72 Å². The van der Waals surface area contributed by atoms with Crippen LogP contribution >= 0.6 is 15.9 Å². The predicted molar refractivity (Wildman–Crippen MR) is 69.7 cm³/mol. The van der Waals surface area contributed by atoms with Crippen molar-refractivity contribution in [2.45, 2.75) is 11.3 Å². The minimum atomic E-state index is -4.16. The summed E-state index contributed by atoms with van der Waals surface area (Å²) in [7, 11) is -4.16. The van der Waals surface area contributed by atoms with E-state index in [1.165, 1.54) is 0 Å². The number of carboxylic acids is 1. The lowest BCUT2D eigenvalue weighted by atomic mass is 10.2. The number of hydrogen-bond donors (Lipinski definition) is 2. The van der Waals surface area contributed by atoms with Crippen molar-refractivity contribution in [3.63, 3.8) is 0 Å². The van der Waals surface area contributed by atoms with Gasteiger partial charge in [-0.25, -0.2) is 22.3 Å². The summed E-state index contributed by atoms with van der Waals surface area (Å²) in [6.07, 6.45) is 5.11. The van der Waals surface area contributed by atoms with Gasteiger partial charge in [0.15, 0.2) is 5.82 Å². The minimum Gasteiger partial charge on any atom is -0.478 e. The molecule has 102 valence electrons. The first-order valence-corrected chi connectivity index (χ1v) is 7.22. The average Bonchev–Trinajstić information content (AvgIpc) is 2.31. The van der Waals surface area contributed by atoms with Gasteiger partial charge in [-0.1, -0.05) is 15.9 Å². The molecule has 0 aromatic heterocycles. The van der Waals surface area contributed by atoms with Crippen LogP contribution in [-0.4, -0.2) is 26.0 Å². The lowest BCUT2D eigenvalue weighted by molar-refractivity contribution is 0.0691. The monoisotopic (exact) mass is 349 g/mol. The Hall–Kier alpha value is -1.43. The first-order valence-electron chi connectivity index (χ1n) is 4.95. The van der Waals surface area contributed by atoms with Gasteiger partial charge >= 0.3 is 5.97 Å². The van der Waals surface area contributed by atoms with Gasteiger partial charge in [-0.05, 0) is 12.1 Å². The average molecular weight is 350 g/mol.